The van der Waals surface area contributed by atoms with Gasteiger partial charge in [-0.3, -0.25) is 14.4 Å². The molecule has 1 spiro atoms. The number of fused-ring (bicyclic) bond motifs is 3. The molecular weight excluding hydrogens is 488 g/mol. The molecule has 0 unspecified atom stereocenters. The van der Waals surface area contributed by atoms with Gasteiger partial charge < -0.3 is 24.8 Å². The lowest BCUT2D eigenvalue weighted by atomic mass is 9.63. The molecule has 0 amide bonds. The Hall–Kier alpha value is -2.03. The van der Waals surface area contributed by atoms with E-state index in [0.717, 1.165) is 19.3 Å². The van der Waals surface area contributed by atoms with E-state index in [2.05, 4.69) is 6.92 Å². The molecule has 0 aromatic heterocycles. The molecule has 0 aliphatic heterocycles. The van der Waals surface area contributed by atoms with Gasteiger partial charge in [-0.25, -0.2) is 0 Å². The molecule has 2 saturated carbocycles. The number of aliphatic hydroxyl groups excluding tert-OH is 2. The lowest BCUT2D eigenvalue weighted by Crippen LogP contribution is -2.63. The normalized spacial score (nSPS) is 39.2. The third-order valence-corrected chi connectivity index (χ3v) is 9.74. The van der Waals surface area contributed by atoms with Gasteiger partial charge in [0.25, 0.3) is 0 Å². The Kier molecular flexibility index (Phi) is 7.07. The van der Waals surface area contributed by atoms with Crippen LogP contribution in [0.2, 0.25) is 0 Å². The summed E-state index contributed by atoms with van der Waals surface area (Å²) in [6, 6.07) is 0. The molecule has 4 aliphatic carbocycles. The number of aliphatic hydroxyl groups is 3. The van der Waals surface area contributed by atoms with Crippen LogP contribution in [0.1, 0.15) is 87.0 Å². The van der Waals surface area contributed by atoms with Gasteiger partial charge in [0, 0.05) is 23.7 Å². The standard InChI is InChI=1S/C30H44O8/c1-8-9-10-11-20(31)38-29-13-12-28-15-17(2)22(32)30(28,36)23(33)18(16-37-25(35)26(3,4)5)14-19(24(28)34)21(29)27(29,6)7/h14-15,19,21-23,32-33,36H,8-13,16H2,1-7H3/t19-,21+,22-,23+,28+,29-,30+/m0/s1. The first-order valence-corrected chi connectivity index (χ1v) is 13.9. The van der Waals surface area contributed by atoms with Crippen molar-refractivity contribution < 1.29 is 39.2 Å². The minimum Gasteiger partial charge on any atom is -0.461 e. The third-order valence-electron chi connectivity index (χ3n) is 9.74. The van der Waals surface area contributed by atoms with Crippen LogP contribution in [-0.4, -0.2) is 63.1 Å². The van der Waals surface area contributed by atoms with Crippen LogP contribution < -0.4 is 0 Å². The Morgan fingerprint density at radius 3 is 2.37 bits per heavy atom. The van der Waals surface area contributed by atoms with Gasteiger partial charge in [0.2, 0.25) is 0 Å². The first-order valence-electron chi connectivity index (χ1n) is 13.9. The summed E-state index contributed by atoms with van der Waals surface area (Å²) in [4.78, 5) is 39.8. The quantitative estimate of drug-likeness (QED) is 0.258. The molecule has 0 heterocycles. The van der Waals surface area contributed by atoms with E-state index in [1.165, 1.54) is 0 Å². The molecule has 7 atom stereocenters. The smallest absolute Gasteiger partial charge is 0.311 e. The van der Waals surface area contributed by atoms with Gasteiger partial charge in [-0.1, -0.05) is 45.8 Å². The summed E-state index contributed by atoms with van der Waals surface area (Å²) in [6.07, 6.45) is 3.42. The van der Waals surface area contributed by atoms with Crippen LogP contribution in [0.15, 0.2) is 23.3 Å². The molecule has 3 N–H and O–H groups in total. The van der Waals surface area contributed by atoms with E-state index in [-0.39, 0.29) is 36.3 Å². The highest BCUT2D eigenvalue weighted by molar-refractivity contribution is 5.95. The maximum absolute atomic E-state index is 14.4. The topological polar surface area (TPSA) is 130 Å². The van der Waals surface area contributed by atoms with Gasteiger partial charge in [0.05, 0.1) is 10.8 Å². The number of Topliss-reactive ketones (excluding diaryl/α,β-unsaturated/α-hetero) is 1. The van der Waals surface area contributed by atoms with E-state index in [4.69, 9.17) is 9.47 Å². The average molecular weight is 533 g/mol. The third kappa shape index (κ3) is 3.93. The molecule has 4 aliphatic rings. The fourth-order valence-electron chi connectivity index (χ4n) is 7.42. The van der Waals surface area contributed by atoms with Gasteiger partial charge >= 0.3 is 11.9 Å². The minimum atomic E-state index is -2.24. The first kappa shape index (κ1) is 29.0. The van der Waals surface area contributed by atoms with Crippen molar-refractivity contribution in [1.29, 1.82) is 0 Å². The van der Waals surface area contributed by atoms with Crippen molar-refractivity contribution >= 4 is 17.7 Å². The number of ether oxygens (including phenoxy) is 2. The molecule has 0 aromatic carbocycles. The summed E-state index contributed by atoms with van der Waals surface area (Å²) in [5.41, 5.74) is -5.48. The summed E-state index contributed by atoms with van der Waals surface area (Å²) in [6.45, 7) is 12.4. The Morgan fingerprint density at radius 2 is 1.76 bits per heavy atom. The van der Waals surface area contributed by atoms with E-state index in [1.54, 1.807) is 39.8 Å². The van der Waals surface area contributed by atoms with Crippen LogP contribution in [0.3, 0.4) is 0 Å². The Balaban J connectivity index is 1.78. The van der Waals surface area contributed by atoms with Crippen molar-refractivity contribution in [2.24, 2.45) is 28.1 Å². The van der Waals surface area contributed by atoms with Crippen molar-refractivity contribution in [2.75, 3.05) is 6.61 Å². The summed E-state index contributed by atoms with van der Waals surface area (Å²) in [5.74, 6) is -2.30. The van der Waals surface area contributed by atoms with Gasteiger partial charge in [-0.05, 0) is 58.1 Å². The second kappa shape index (κ2) is 9.27. The van der Waals surface area contributed by atoms with E-state index < -0.39 is 51.5 Å². The van der Waals surface area contributed by atoms with E-state index in [9.17, 15) is 29.7 Å². The molecule has 0 radical (unpaired) electrons. The van der Waals surface area contributed by atoms with Crippen LogP contribution in [-0.2, 0) is 23.9 Å². The number of carbonyl (C=O) groups excluding carboxylic acids is 3. The van der Waals surface area contributed by atoms with Crippen LogP contribution >= 0.6 is 0 Å². The Labute approximate surface area is 225 Å². The SMILES string of the molecule is CCCCCC(=O)O[C@@]12CC[C@]34C=C(C)[C@H](O)[C@@]3(O)[C@H](O)C(COC(=O)C(C)(C)C)=C[C@H](C4=O)[C@@H]1C2(C)C. The second-order valence-corrected chi connectivity index (χ2v) is 13.5. The van der Waals surface area contributed by atoms with Crippen molar-refractivity contribution in [3.05, 3.63) is 23.3 Å². The zero-order valence-corrected chi connectivity index (χ0v) is 23.8. The number of rotatable bonds is 7. The number of unbranched alkanes of at least 4 members (excludes halogenated alkanes) is 2. The summed E-state index contributed by atoms with van der Waals surface area (Å²) < 4.78 is 11.7. The number of allylic oxidation sites excluding steroid dienone is 1. The molecule has 2 fully saturated rings. The molecule has 8 nitrogen and oxygen atoms in total. The van der Waals surface area contributed by atoms with E-state index in [1.807, 2.05) is 13.8 Å². The predicted molar refractivity (Wildman–Crippen MR) is 140 cm³/mol. The van der Waals surface area contributed by atoms with Gasteiger partial charge in [0.15, 0.2) is 5.78 Å². The summed E-state index contributed by atoms with van der Waals surface area (Å²) in [7, 11) is 0. The maximum Gasteiger partial charge on any atom is 0.311 e. The first-order chi connectivity index (χ1) is 17.5. The molecule has 0 saturated heterocycles. The molecular formula is C30H44O8. The van der Waals surface area contributed by atoms with Crippen molar-refractivity contribution in [2.45, 2.75) is 110 Å². The van der Waals surface area contributed by atoms with Crippen LogP contribution in [0.4, 0.5) is 0 Å². The highest BCUT2D eigenvalue weighted by Crippen LogP contribution is 2.74. The van der Waals surface area contributed by atoms with Crippen LogP contribution in [0.25, 0.3) is 0 Å². The highest BCUT2D eigenvalue weighted by Gasteiger charge is 2.81. The maximum atomic E-state index is 14.4. The fourth-order valence-corrected chi connectivity index (χ4v) is 7.42. The fraction of sp³-hybridized carbons (Fsp3) is 0.767. The van der Waals surface area contributed by atoms with Crippen LogP contribution in [0.5, 0.6) is 0 Å². The van der Waals surface area contributed by atoms with Gasteiger partial charge in [-0.2, -0.15) is 0 Å². The second-order valence-electron chi connectivity index (χ2n) is 13.5. The Bertz CT molecular complexity index is 1080. The lowest BCUT2D eigenvalue weighted by molar-refractivity contribution is -0.183. The zero-order valence-electron chi connectivity index (χ0n) is 23.8. The summed E-state index contributed by atoms with van der Waals surface area (Å²) >= 11 is 0. The summed E-state index contributed by atoms with van der Waals surface area (Å²) in [5, 5.41) is 34.8. The van der Waals surface area contributed by atoms with E-state index in [0.29, 0.717) is 18.4 Å². The number of ketones is 1. The van der Waals surface area contributed by atoms with E-state index >= 15 is 0 Å². The number of hydrogen-bond donors (Lipinski definition) is 3. The molecule has 4 rings (SSSR count). The zero-order chi connectivity index (χ0) is 28.5. The van der Waals surface area contributed by atoms with Gasteiger partial charge in [0.1, 0.15) is 30.0 Å². The molecule has 2 bridgehead atoms. The molecule has 212 valence electrons. The highest BCUT2D eigenvalue weighted by atomic mass is 16.6. The van der Waals surface area contributed by atoms with Crippen LogP contribution in [0, 0.1) is 28.1 Å². The molecule has 8 heteroatoms. The molecule has 0 aromatic rings. The average Bonchev–Trinajstić information content (AvgIpc) is 3.27. The van der Waals surface area contributed by atoms with Crippen molar-refractivity contribution in [1.82, 2.24) is 0 Å². The number of esters is 2. The largest absolute Gasteiger partial charge is 0.461 e. The van der Waals surface area contributed by atoms with Crippen molar-refractivity contribution in [3.63, 3.8) is 0 Å². The minimum absolute atomic E-state index is 0.107. The number of carbonyl (C=O) groups is 3. The monoisotopic (exact) mass is 532 g/mol. The number of hydrogen-bond acceptors (Lipinski definition) is 8. The lowest BCUT2D eigenvalue weighted by Gasteiger charge is -2.45. The van der Waals surface area contributed by atoms with Gasteiger partial charge in [-0.15, -0.1) is 0 Å². The predicted octanol–water partition coefficient (Wildman–Crippen LogP) is 3.41. The molecule has 38 heavy (non-hydrogen) atoms. The Morgan fingerprint density at radius 1 is 1.11 bits per heavy atom. The van der Waals surface area contributed by atoms with Crippen molar-refractivity contribution in [3.8, 4) is 0 Å².